The first-order valence-electron chi connectivity index (χ1n) is 8.88. The smallest absolute Gasteiger partial charge is 0.279 e. The number of hydrogen-bond acceptors (Lipinski definition) is 3. The van der Waals surface area contributed by atoms with E-state index in [2.05, 4.69) is 26.0 Å². The van der Waals surface area contributed by atoms with Crippen LogP contribution in [0.2, 0.25) is 0 Å². The average Bonchev–Trinajstić information content (AvgIpc) is 3.17. The Kier molecular flexibility index (Phi) is 5.01. The number of rotatable bonds is 3. The van der Waals surface area contributed by atoms with Crippen LogP contribution >= 0.6 is 15.9 Å². The third-order valence-electron chi connectivity index (χ3n) is 5.00. The molecular formula is C20H18BrF3N4. The second-order valence-electron chi connectivity index (χ2n) is 6.98. The zero-order valence-electron chi connectivity index (χ0n) is 15.1. The number of halogens is 4. The zero-order valence-corrected chi connectivity index (χ0v) is 16.7. The molecule has 2 atom stereocenters. The number of aromatic nitrogens is 3. The van der Waals surface area contributed by atoms with Gasteiger partial charge in [-0.05, 0) is 70.7 Å². The minimum absolute atomic E-state index is 0.280. The molecule has 0 radical (unpaired) electrons. The van der Waals surface area contributed by atoms with Gasteiger partial charge in [0.25, 0.3) is 0 Å². The summed E-state index contributed by atoms with van der Waals surface area (Å²) in [4.78, 5) is 5.91. The van der Waals surface area contributed by atoms with Crippen molar-refractivity contribution in [3.63, 3.8) is 0 Å². The Bertz CT molecular complexity index is 955. The molecule has 0 aliphatic carbocycles. The molecule has 0 amide bonds. The number of alkyl halides is 3. The highest BCUT2D eigenvalue weighted by Crippen LogP contribution is 2.39. The molecule has 1 aliphatic rings. The van der Waals surface area contributed by atoms with Crippen molar-refractivity contribution < 1.29 is 13.2 Å². The van der Waals surface area contributed by atoms with Crippen LogP contribution < -0.4 is 0 Å². The normalized spacial score (nSPS) is 20.2. The summed E-state index contributed by atoms with van der Waals surface area (Å²) in [5, 5.41) is 4.24. The Morgan fingerprint density at radius 3 is 2.68 bits per heavy atom. The van der Waals surface area contributed by atoms with E-state index in [1.807, 2.05) is 43.5 Å². The second kappa shape index (κ2) is 7.33. The summed E-state index contributed by atoms with van der Waals surface area (Å²) < 4.78 is 42.5. The standard InChI is InChI=1S/C20H18BrF3N4/c1-13-9-14-10-16(28-8-2-7-26-28)4-5-17(14)19(27(13)12-20(22,23)24)18-6-3-15(21)11-25-18/h2-8,10-11,13,19H,9,12H2,1H3/t13-,19+/m1/s1. The fourth-order valence-corrected chi connectivity index (χ4v) is 4.04. The number of pyridine rings is 1. The van der Waals surface area contributed by atoms with Gasteiger partial charge < -0.3 is 0 Å². The molecule has 146 valence electrons. The molecule has 0 spiro atoms. The summed E-state index contributed by atoms with van der Waals surface area (Å²) in [6, 6.07) is 10.4. The van der Waals surface area contributed by atoms with Gasteiger partial charge in [-0.2, -0.15) is 18.3 Å². The lowest BCUT2D eigenvalue weighted by Crippen LogP contribution is -2.47. The Hall–Kier alpha value is -2.19. The van der Waals surface area contributed by atoms with Crippen LogP contribution in [0, 0.1) is 0 Å². The van der Waals surface area contributed by atoms with Crippen molar-refractivity contribution in [1.82, 2.24) is 19.7 Å². The molecule has 0 bridgehead atoms. The van der Waals surface area contributed by atoms with Gasteiger partial charge in [0.2, 0.25) is 0 Å². The topological polar surface area (TPSA) is 34.0 Å². The molecule has 28 heavy (non-hydrogen) atoms. The monoisotopic (exact) mass is 450 g/mol. The molecule has 0 unspecified atom stereocenters. The van der Waals surface area contributed by atoms with Crippen LogP contribution in [0.15, 0.2) is 59.5 Å². The highest BCUT2D eigenvalue weighted by molar-refractivity contribution is 9.10. The number of nitrogens with zero attached hydrogens (tertiary/aromatic N) is 4. The lowest BCUT2D eigenvalue weighted by atomic mass is 9.86. The van der Waals surface area contributed by atoms with Crippen molar-refractivity contribution in [2.45, 2.75) is 31.6 Å². The highest BCUT2D eigenvalue weighted by Gasteiger charge is 2.41. The molecule has 1 aromatic carbocycles. The third kappa shape index (κ3) is 3.84. The minimum atomic E-state index is -4.28. The van der Waals surface area contributed by atoms with Gasteiger partial charge in [0.15, 0.2) is 0 Å². The second-order valence-corrected chi connectivity index (χ2v) is 7.89. The first-order valence-corrected chi connectivity index (χ1v) is 9.68. The lowest BCUT2D eigenvalue weighted by Gasteiger charge is -2.42. The molecule has 3 heterocycles. The van der Waals surface area contributed by atoms with Gasteiger partial charge in [-0.1, -0.05) is 6.07 Å². The van der Waals surface area contributed by atoms with Crippen LogP contribution in [-0.4, -0.2) is 38.4 Å². The van der Waals surface area contributed by atoms with E-state index in [4.69, 9.17) is 0 Å². The SMILES string of the molecule is C[C@@H]1Cc2cc(-n3cccn3)ccc2[C@@H](c2ccc(Br)cn2)N1CC(F)(F)F. The van der Waals surface area contributed by atoms with Gasteiger partial charge in [-0.15, -0.1) is 0 Å². The minimum Gasteiger partial charge on any atom is -0.279 e. The van der Waals surface area contributed by atoms with Crippen molar-refractivity contribution in [2.24, 2.45) is 0 Å². The predicted octanol–water partition coefficient (Wildman–Crippen LogP) is 4.93. The summed E-state index contributed by atoms with van der Waals surface area (Å²) in [7, 11) is 0. The first-order chi connectivity index (χ1) is 13.3. The molecule has 0 N–H and O–H groups in total. The number of fused-ring (bicyclic) bond motifs is 1. The van der Waals surface area contributed by atoms with E-state index in [1.54, 1.807) is 23.1 Å². The molecule has 4 nitrogen and oxygen atoms in total. The van der Waals surface area contributed by atoms with Crippen LogP contribution in [0.25, 0.3) is 5.69 Å². The van der Waals surface area contributed by atoms with Crippen molar-refractivity contribution in [3.8, 4) is 5.69 Å². The maximum Gasteiger partial charge on any atom is 0.401 e. The highest BCUT2D eigenvalue weighted by atomic mass is 79.9. The maximum atomic E-state index is 13.3. The van der Waals surface area contributed by atoms with Crippen LogP contribution in [0.3, 0.4) is 0 Å². The molecule has 3 aromatic rings. The Balaban J connectivity index is 1.81. The van der Waals surface area contributed by atoms with Gasteiger partial charge in [-0.3, -0.25) is 9.88 Å². The van der Waals surface area contributed by atoms with E-state index in [0.29, 0.717) is 12.1 Å². The molecular weight excluding hydrogens is 433 g/mol. The van der Waals surface area contributed by atoms with Gasteiger partial charge >= 0.3 is 6.18 Å². The van der Waals surface area contributed by atoms with Gasteiger partial charge in [0.05, 0.1) is 24.0 Å². The largest absolute Gasteiger partial charge is 0.401 e. The Morgan fingerprint density at radius 1 is 1.21 bits per heavy atom. The molecule has 0 fully saturated rings. The molecule has 2 aromatic heterocycles. The van der Waals surface area contributed by atoms with E-state index in [1.165, 1.54) is 4.90 Å². The lowest BCUT2D eigenvalue weighted by molar-refractivity contribution is -0.155. The van der Waals surface area contributed by atoms with E-state index in [0.717, 1.165) is 21.3 Å². The molecule has 8 heteroatoms. The van der Waals surface area contributed by atoms with Gasteiger partial charge in [0, 0.05) is 29.1 Å². The Morgan fingerprint density at radius 2 is 2.04 bits per heavy atom. The van der Waals surface area contributed by atoms with E-state index in [-0.39, 0.29) is 6.04 Å². The molecule has 0 saturated heterocycles. The summed E-state index contributed by atoms with van der Waals surface area (Å²) in [5.41, 5.74) is 3.37. The van der Waals surface area contributed by atoms with E-state index < -0.39 is 18.8 Å². The summed E-state index contributed by atoms with van der Waals surface area (Å²) in [6.07, 6.45) is 1.42. The fourth-order valence-electron chi connectivity index (χ4n) is 3.80. The van der Waals surface area contributed by atoms with Crippen LogP contribution in [-0.2, 0) is 6.42 Å². The quantitative estimate of drug-likeness (QED) is 0.567. The van der Waals surface area contributed by atoms with Crippen LogP contribution in [0.1, 0.15) is 29.8 Å². The molecule has 1 aliphatic heterocycles. The van der Waals surface area contributed by atoms with Crippen molar-refractivity contribution in [3.05, 3.63) is 76.3 Å². The van der Waals surface area contributed by atoms with Crippen LogP contribution in [0.4, 0.5) is 13.2 Å². The van der Waals surface area contributed by atoms with E-state index in [9.17, 15) is 13.2 Å². The predicted molar refractivity (Wildman–Crippen MR) is 103 cm³/mol. The first kappa shape index (κ1) is 19.1. The van der Waals surface area contributed by atoms with Crippen molar-refractivity contribution >= 4 is 15.9 Å². The van der Waals surface area contributed by atoms with E-state index >= 15 is 0 Å². The van der Waals surface area contributed by atoms with Crippen molar-refractivity contribution in [1.29, 1.82) is 0 Å². The summed E-state index contributed by atoms with van der Waals surface area (Å²) >= 11 is 3.34. The number of hydrogen-bond donors (Lipinski definition) is 0. The number of benzene rings is 1. The van der Waals surface area contributed by atoms with Crippen LogP contribution in [0.5, 0.6) is 0 Å². The van der Waals surface area contributed by atoms with Gasteiger partial charge in [0.1, 0.15) is 0 Å². The molecule has 4 rings (SSSR count). The average molecular weight is 451 g/mol. The summed E-state index contributed by atoms with van der Waals surface area (Å²) in [6.45, 7) is 0.859. The summed E-state index contributed by atoms with van der Waals surface area (Å²) in [5.74, 6) is 0. The maximum absolute atomic E-state index is 13.3. The fraction of sp³-hybridized carbons (Fsp3) is 0.300. The molecule has 0 saturated carbocycles. The zero-order chi connectivity index (χ0) is 19.9. The Labute approximate surface area is 169 Å². The van der Waals surface area contributed by atoms with Crippen molar-refractivity contribution in [2.75, 3.05) is 6.54 Å². The van der Waals surface area contributed by atoms with Gasteiger partial charge in [-0.25, -0.2) is 4.68 Å². The third-order valence-corrected chi connectivity index (χ3v) is 5.46.